The fourth-order valence-electron chi connectivity index (χ4n) is 2.23. The van der Waals surface area contributed by atoms with Gasteiger partial charge >= 0.3 is 0 Å². The van der Waals surface area contributed by atoms with Crippen molar-refractivity contribution in [1.29, 1.82) is 0 Å². The molecule has 0 spiro atoms. The molecule has 0 unspecified atom stereocenters. The molecular formula is C19H15ClN2O2S. The van der Waals surface area contributed by atoms with E-state index in [0.29, 0.717) is 26.8 Å². The average molecular weight is 371 g/mol. The monoisotopic (exact) mass is 370 g/mol. The second-order valence-electron chi connectivity index (χ2n) is 5.42. The SMILES string of the molecule is Cc1ccc(Cl)cc1NC(=O)c1ccc(NC(=O)c2cccs2)cc1. The van der Waals surface area contributed by atoms with Gasteiger partial charge in [-0.2, -0.15) is 0 Å². The summed E-state index contributed by atoms with van der Waals surface area (Å²) in [6.07, 6.45) is 0. The molecule has 0 radical (unpaired) electrons. The first-order valence-electron chi connectivity index (χ1n) is 7.55. The largest absolute Gasteiger partial charge is 0.322 e. The summed E-state index contributed by atoms with van der Waals surface area (Å²) in [5.74, 6) is -0.400. The van der Waals surface area contributed by atoms with Gasteiger partial charge in [-0.3, -0.25) is 9.59 Å². The molecule has 0 fully saturated rings. The number of thiophene rings is 1. The zero-order valence-electron chi connectivity index (χ0n) is 13.4. The van der Waals surface area contributed by atoms with Crippen LogP contribution in [0.15, 0.2) is 60.0 Å². The predicted octanol–water partition coefficient (Wildman–Crippen LogP) is 5.21. The molecule has 4 nitrogen and oxygen atoms in total. The molecule has 2 aromatic carbocycles. The third-order valence-corrected chi connectivity index (χ3v) is 4.70. The second kappa shape index (κ2) is 7.51. The molecule has 2 N–H and O–H groups in total. The molecule has 1 heterocycles. The van der Waals surface area contributed by atoms with Crippen LogP contribution in [-0.4, -0.2) is 11.8 Å². The molecular weight excluding hydrogens is 356 g/mol. The number of amides is 2. The number of anilines is 2. The van der Waals surface area contributed by atoms with E-state index in [1.807, 2.05) is 24.4 Å². The molecule has 3 aromatic rings. The van der Waals surface area contributed by atoms with Crippen LogP contribution in [0.3, 0.4) is 0 Å². The van der Waals surface area contributed by atoms with Crippen LogP contribution in [0.1, 0.15) is 25.6 Å². The summed E-state index contributed by atoms with van der Waals surface area (Å²) < 4.78 is 0. The first-order chi connectivity index (χ1) is 12.0. The minimum atomic E-state index is -0.235. The Kier molecular flexibility index (Phi) is 5.16. The molecule has 0 saturated heterocycles. The van der Waals surface area contributed by atoms with Gasteiger partial charge in [0.25, 0.3) is 11.8 Å². The zero-order valence-corrected chi connectivity index (χ0v) is 14.9. The van der Waals surface area contributed by atoms with Crippen LogP contribution in [0, 0.1) is 6.92 Å². The Bertz CT molecular complexity index is 906. The van der Waals surface area contributed by atoms with Crippen molar-refractivity contribution in [3.05, 3.63) is 81.0 Å². The Labute approximate surface area is 154 Å². The van der Waals surface area contributed by atoms with E-state index < -0.39 is 0 Å². The van der Waals surface area contributed by atoms with Crippen LogP contribution in [0.25, 0.3) is 0 Å². The van der Waals surface area contributed by atoms with Crippen molar-refractivity contribution < 1.29 is 9.59 Å². The molecule has 3 rings (SSSR count). The Hall–Kier alpha value is -2.63. The van der Waals surface area contributed by atoms with Gasteiger partial charge in [-0.05, 0) is 60.3 Å². The first-order valence-corrected chi connectivity index (χ1v) is 8.81. The lowest BCUT2D eigenvalue weighted by Gasteiger charge is -2.09. The minimum absolute atomic E-state index is 0.165. The van der Waals surface area contributed by atoms with Crippen LogP contribution in [-0.2, 0) is 0 Å². The highest BCUT2D eigenvalue weighted by molar-refractivity contribution is 7.12. The first kappa shape index (κ1) is 17.2. The maximum atomic E-state index is 12.4. The van der Waals surface area contributed by atoms with E-state index in [1.54, 1.807) is 42.5 Å². The smallest absolute Gasteiger partial charge is 0.265 e. The predicted molar refractivity (Wildman–Crippen MR) is 103 cm³/mol. The number of carbonyl (C=O) groups is 2. The molecule has 25 heavy (non-hydrogen) atoms. The Balaban J connectivity index is 1.68. The number of nitrogens with one attached hydrogen (secondary N) is 2. The van der Waals surface area contributed by atoms with E-state index in [0.717, 1.165) is 5.56 Å². The van der Waals surface area contributed by atoms with Gasteiger partial charge in [-0.1, -0.05) is 23.7 Å². The number of halogens is 1. The molecule has 2 amide bonds. The minimum Gasteiger partial charge on any atom is -0.322 e. The average Bonchev–Trinajstić information content (AvgIpc) is 3.13. The van der Waals surface area contributed by atoms with E-state index >= 15 is 0 Å². The lowest BCUT2D eigenvalue weighted by atomic mass is 10.1. The van der Waals surface area contributed by atoms with Gasteiger partial charge in [-0.15, -0.1) is 11.3 Å². The summed E-state index contributed by atoms with van der Waals surface area (Å²) in [6.45, 7) is 1.90. The van der Waals surface area contributed by atoms with Crippen LogP contribution in [0.5, 0.6) is 0 Å². The lowest BCUT2D eigenvalue weighted by Crippen LogP contribution is -2.13. The molecule has 1 aromatic heterocycles. The van der Waals surface area contributed by atoms with Crippen molar-refractivity contribution in [2.24, 2.45) is 0 Å². The van der Waals surface area contributed by atoms with Gasteiger partial charge < -0.3 is 10.6 Å². The van der Waals surface area contributed by atoms with Crippen molar-refractivity contribution in [2.45, 2.75) is 6.92 Å². The van der Waals surface area contributed by atoms with Crippen molar-refractivity contribution in [3.8, 4) is 0 Å². The molecule has 0 atom stereocenters. The zero-order chi connectivity index (χ0) is 17.8. The molecule has 0 saturated carbocycles. The van der Waals surface area contributed by atoms with Gasteiger partial charge in [0.1, 0.15) is 0 Å². The van der Waals surface area contributed by atoms with E-state index in [-0.39, 0.29) is 11.8 Å². The fourth-order valence-corrected chi connectivity index (χ4v) is 3.02. The van der Waals surface area contributed by atoms with Gasteiger partial charge in [-0.25, -0.2) is 0 Å². The molecule has 0 bridgehead atoms. The topological polar surface area (TPSA) is 58.2 Å². The van der Waals surface area contributed by atoms with Gasteiger partial charge in [0.2, 0.25) is 0 Å². The van der Waals surface area contributed by atoms with E-state index in [9.17, 15) is 9.59 Å². The fraction of sp³-hybridized carbons (Fsp3) is 0.0526. The molecule has 0 aliphatic carbocycles. The summed E-state index contributed by atoms with van der Waals surface area (Å²) in [4.78, 5) is 25.0. The van der Waals surface area contributed by atoms with Crippen molar-refractivity contribution in [1.82, 2.24) is 0 Å². The standard InChI is InChI=1S/C19H15ClN2O2S/c1-12-4-7-14(20)11-16(12)22-18(23)13-5-8-15(9-6-13)21-19(24)17-3-2-10-25-17/h2-11H,1H3,(H,21,24)(H,22,23). The van der Waals surface area contributed by atoms with Crippen molar-refractivity contribution in [2.75, 3.05) is 10.6 Å². The Morgan fingerprint density at radius 2 is 1.72 bits per heavy atom. The molecule has 0 aliphatic heterocycles. The molecule has 126 valence electrons. The summed E-state index contributed by atoms with van der Waals surface area (Å²) in [5.41, 5.74) is 2.73. The highest BCUT2D eigenvalue weighted by atomic mass is 35.5. The lowest BCUT2D eigenvalue weighted by molar-refractivity contribution is 0.102. The van der Waals surface area contributed by atoms with Crippen LogP contribution in [0.4, 0.5) is 11.4 Å². The summed E-state index contributed by atoms with van der Waals surface area (Å²) in [6, 6.07) is 15.7. The number of carbonyl (C=O) groups excluding carboxylic acids is 2. The van der Waals surface area contributed by atoms with Crippen molar-refractivity contribution >= 4 is 46.1 Å². The van der Waals surface area contributed by atoms with Gasteiger partial charge in [0, 0.05) is 22.0 Å². The molecule has 0 aliphatic rings. The summed E-state index contributed by atoms with van der Waals surface area (Å²) in [5, 5.41) is 8.05. The van der Waals surface area contributed by atoms with Gasteiger partial charge in [0.15, 0.2) is 0 Å². The van der Waals surface area contributed by atoms with E-state index in [4.69, 9.17) is 11.6 Å². The maximum absolute atomic E-state index is 12.4. The Morgan fingerprint density at radius 1 is 0.960 bits per heavy atom. The third kappa shape index (κ3) is 4.26. The van der Waals surface area contributed by atoms with E-state index in [1.165, 1.54) is 11.3 Å². The van der Waals surface area contributed by atoms with Crippen LogP contribution >= 0.6 is 22.9 Å². The highest BCUT2D eigenvalue weighted by Crippen LogP contribution is 2.21. The van der Waals surface area contributed by atoms with Crippen molar-refractivity contribution in [3.63, 3.8) is 0 Å². The van der Waals surface area contributed by atoms with Crippen LogP contribution < -0.4 is 10.6 Å². The normalized spacial score (nSPS) is 10.3. The summed E-state index contributed by atoms with van der Waals surface area (Å²) in [7, 11) is 0. The van der Waals surface area contributed by atoms with Crippen LogP contribution in [0.2, 0.25) is 5.02 Å². The quantitative estimate of drug-likeness (QED) is 0.661. The number of rotatable bonds is 4. The third-order valence-electron chi connectivity index (χ3n) is 3.60. The number of aryl methyl sites for hydroxylation is 1. The number of hydrogen-bond donors (Lipinski definition) is 2. The maximum Gasteiger partial charge on any atom is 0.265 e. The molecule has 6 heteroatoms. The van der Waals surface area contributed by atoms with E-state index in [2.05, 4.69) is 10.6 Å². The summed E-state index contributed by atoms with van der Waals surface area (Å²) >= 11 is 7.34. The second-order valence-corrected chi connectivity index (χ2v) is 6.81. The number of hydrogen-bond acceptors (Lipinski definition) is 3. The highest BCUT2D eigenvalue weighted by Gasteiger charge is 2.10. The Morgan fingerprint density at radius 3 is 2.40 bits per heavy atom. The van der Waals surface area contributed by atoms with Gasteiger partial charge in [0.05, 0.1) is 4.88 Å². The number of benzene rings is 2.